The molecule has 0 unspecified atom stereocenters. The highest BCUT2D eigenvalue weighted by atomic mass is 32.2. The number of para-hydroxylation sites is 1. The molecular formula is C18H18N4O3S3. The van der Waals surface area contributed by atoms with Crippen LogP contribution in [0.15, 0.2) is 58.9 Å². The van der Waals surface area contributed by atoms with Gasteiger partial charge in [0.05, 0.1) is 17.5 Å². The zero-order valence-corrected chi connectivity index (χ0v) is 17.6. The van der Waals surface area contributed by atoms with Crippen LogP contribution in [-0.2, 0) is 15.8 Å². The van der Waals surface area contributed by atoms with Gasteiger partial charge in [-0.1, -0.05) is 65.6 Å². The second-order valence-electron chi connectivity index (χ2n) is 5.85. The van der Waals surface area contributed by atoms with E-state index in [1.54, 1.807) is 24.3 Å². The van der Waals surface area contributed by atoms with E-state index in [1.807, 2.05) is 30.3 Å². The molecule has 2 aromatic carbocycles. The first-order valence-electron chi connectivity index (χ1n) is 8.19. The lowest BCUT2D eigenvalue weighted by Gasteiger charge is -2.19. The second-order valence-corrected chi connectivity index (χ2v) is 10.1. The minimum atomic E-state index is -3.49. The van der Waals surface area contributed by atoms with Gasteiger partial charge < -0.3 is 0 Å². The smallest absolute Gasteiger partial charge is 0.259 e. The predicted molar refractivity (Wildman–Crippen MR) is 114 cm³/mol. The Labute approximate surface area is 171 Å². The van der Waals surface area contributed by atoms with Crippen LogP contribution in [0.2, 0.25) is 0 Å². The molecule has 28 heavy (non-hydrogen) atoms. The minimum Gasteiger partial charge on any atom is -0.296 e. The summed E-state index contributed by atoms with van der Waals surface area (Å²) in [7, 11) is -2.08. The molecule has 0 aliphatic carbocycles. The Balaban J connectivity index is 1.70. The van der Waals surface area contributed by atoms with Crippen molar-refractivity contribution in [3.63, 3.8) is 0 Å². The van der Waals surface area contributed by atoms with E-state index in [-0.39, 0.29) is 5.56 Å². The molecule has 0 fully saturated rings. The number of hydrogen-bond acceptors (Lipinski definition) is 7. The third-order valence-electron chi connectivity index (χ3n) is 3.82. The van der Waals surface area contributed by atoms with Crippen molar-refractivity contribution in [1.82, 2.24) is 10.2 Å². The molecule has 3 rings (SSSR count). The molecule has 0 saturated carbocycles. The van der Waals surface area contributed by atoms with Crippen LogP contribution >= 0.6 is 23.1 Å². The number of thioether (sulfide) groups is 1. The summed E-state index contributed by atoms with van der Waals surface area (Å²) in [6.07, 6.45) is 1.09. The molecule has 0 saturated heterocycles. The van der Waals surface area contributed by atoms with Crippen LogP contribution in [0.1, 0.15) is 15.9 Å². The van der Waals surface area contributed by atoms with Crippen molar-refractivity contribution < 1.29 is 13.2 Å². The molecule has 10 heteroatoms. The summed E-state index contributed by atoms with van der Waals surface area (Å²) in [6.45, 7) is 0. The average Bonchev–Trinajstić information content (AvgIpc) is 3.13. The summed E-state index contributed by atoms with van der Waals surface area (Å²) in [5.74, 6) is 0.313. The van der Waals surface area contributed by atoms with Crippen LogP contribution in [0, 0.1) is 0 Å². The number of hydrogen-bond donors (Lipinski definition) is 1. The van der Waals surface area contributed by atoms with E-state index >= 15 is 0 Å². The van der Waals surface area contributed by atoms with E-state index in [9.17, 15) is 13.2 Å². The molecule has 7 nitrogen and oxygen atoms in total. The quantitative estimate of drug-likeness (QED) is 0.452. The number of nitrogens with zero attached hydrogens (tertiary/aromatic N) is 3. The summed E-state index contributed by atoms with van der Waals surface area (Å²) in [6, 6.07) is 16.5. The lowest BCUT2D eigenvalue weighted by Crippen LogP contribution is -2.27. The van der Waals surface area contributed by atoms with Gasteiger partial charge in [0.2, 0.25) is 15.2 Å². The topological polar surface area (TPSA) is 92.3 Å². The van der Waals surface area contributed by atoms with Crippen molar-refractivity contribution in [2.45, 2.75) is 10.1 Å². The Morgan fingerprint density at radius 1 is 1.11 bits per heavy atom. The van der Waals surface area contributed by atoms with Crippen molar-refractivity contribution in [1.29, 1.82) is 0 Å². The number of nitrogens with one attached hydrogen (secondary N) is 1. The third-order valence-corrected chi connectivity index (χ3v) is 7.05. The first-order chi connectivity index (χ1) is 13.3. The molecule has 3 aromatic rings. The van der Waals surface area contributed by atoms with Crippen molar-refractivity contribution in [3.05, 3.63) is 65.7 Å². The van der Waals surface area contributed by atoms with E-state index in [4.69, 9.17) is 0 Å². The first-order valence-corrected chi connectivity index (χ1v) is 11.8. The van der Waals surface area contributed by atoms with E-state index < -0.39 is 15.9 Å². The molecule has 0 bridgehead atoms. The molecule has 146 valence electrons. The summed E-state index contributed by atoms with van der Waals surface area (Å²) in [5.41, 5.74) is 1.71. The normalized spacial score (nSPS) is 11.2. The Morgan fingerprint density at radius 2 is 1.79 bits per heavy atom. The standard InChI is InChI=1S/C18H18N4O3S3/c1-22(28(2,24)25)15-11-7-6-10-14(15)16(23)19-17-20-21-18(27-17)26-12-13-8-4-3-5-9-13/h3-11H,12H2,1-2H3,(H,19,20,23). The van der Waals surface area contributed by atoms with Gasteiger partial charge in [0, 0.05) is 12.8 Å². The Hall–Kier alpha value is -2.43. The number of rotatable bonds is 7. The number of benzene rings is 2. The number of carbonyl (C=O) groups is 1. The molecule has 0 aliphatic heterocycles. The van der Waals surface area contributed by atoms with E-state index in [1.165, 1.54) is 35.7 Å². The highest BCUT2D eigenvalue weighted by Crippen LogP contribution is 2.29. The van der Waals surface area contributed by atoms with Crippen LogP contribution in [0.4, 0.5) is 10.8 Å². The number of sulfonamides is 1. The predicted octanol–water partition coefficient (Wildman–Crippen LogP) is 3.48. The second kappa shape index (κ2) is 8.72. The van der Waals surface area contributed by atoms with Crippen molar-refractivity contribution >= 4 is 49.8 Å². The van der Waals surface area contributed by atoms with Crippen LogP contribution in [-0.4, -0.2) is 37.8 Å². The Morgan fingerprint density at radius 3 is 2.50 bits per heavy atom. The van der Waals surface area contributed by atoms with Gasteiger partial charge in [0.25, 0.3) is 5.91 Å². The highest BCUT2D eigenvalue weighted by Gasteiger charge is 2.20. The molecule has 0 spiro atoms. The summed E-state index contributed by atoms with van der Waals surface area (Å²) < 4.78 is 25.5. The number of aromatic nitrogens is 2. The average molecular weight is 435 g/mol. The lowest BCUT2D eigenvalue weighted by molar-refractivity contribution is 0.102. The zero-order valence-electron chi connectivity index (χ0n) is 15.2. The fourth-order valence-corrected chi connectivity index (χ4v) is 4.54. The molecule has 1 aromatic heterocycles. The fraction of sp³-hybridized carbons (Fsp3) is 0.167. The summed E-state index contributed by atoms with van der Waals surface area (Å²) in [5, 5.41) is 11.1. The van der Waals surface area contributed by atoms with E-state index in [0.29, 0.717) is 10.8 Å². The van der Waals surface area contributed by atoms with Crippen LogP contribution in [0.3, 0.4) is 0 Å². The number of amides is 1. The van der Waals surface area contributed by atoms with Gasteiger partial charge in [-0.3, -0.25) is 14.4 Å². The van der Waals surface area contributed by atoms with Gasteiger partial charge in [-0.25, -0.2) is 8.42 Å². The van der Waals surface area contributed by atoms with Gasteiger partial charge in [0.1, 0.15) is 0 Å². The monoisotopic (exact) mass is 434 g/mol. The van der Waals surface area contributed by atoms with Gasteiger partial charge >= 0.3 is 0 Å². The maximum absolute atomic E-state index is 12.7. The Bertz CT molecular complexity index is 1070. The molecule has 0 radical (unpaired) electrons. The molecule has 1 amide bonds. The van der Waals surface area contributed by atoms with Crippen molar-refractivity contribution in [3.8, 4) is 0 Å². The van der Waals surface area contributed by atoms with E-state index in [2.05, 4.69) is 15.5 Å². The maximum atomic E-state index is 12.7. The van der Waals surface area contributed by atoms with Gasteiger partial charge in [0.15, 0.2) is 4.34 Å². The van der Waals surface area contributed by atoms with Crippen molar-refractivity contribution in [2.75, 3.05) is 22.9 Å². The molecule has 0 aliphatic rings. The molecular weight excluding hydrogens is 416 g/mol. The highest BCUT2D eigenvalue weighted by molar-refractivity contribution is 8.00. The van der Waals surface area contributed by atoms with Crippen LogP contribution in [0.25, 0.3) is 0 Å². The molecule has 1 heterocycles. The Kier molecular flexibility index (Phi) is 6.32. The van der Waals surface area contributed by atoms with Gasteiger partial charge in [-0.2, -0.15) is 0 Å². The number of carbonyl (C=O) groups excluding carboxylic acids is 1. The SMILES string of the molecule is CN(c1ccccc1C(=O)Nc1nnc(SCc2ccccc2)s1)S(C)(=O)=O. The largest absolute Gasteiger partial charge is 0.296 e. The lowest BCUT2D eigenvalue weighted by atomic mass is 10.1. The van der Waals surface area contributed by atoms with Gasteiger partial charge in [-0.05, 0) is 17.7 Å². The molecule has 0 atom stereocenters. The summed E-state index contributed by atoms with van der Waals surface area (Å²) >= 11 is 2.81. The van der Waals surface area contributed by atoms with Crippen molar-refractivity contribution in [2.24, 2.45) is 0 Å². The third kappa shape index (κ3) is 5.09. The molecule has 1 N–H and O–H groups in total. The maximum Gasteiger partial charge on any atom is 0.259 e. The van der Waals surface area contributed by atoms with Crippen LogP contribution in [0.5, 0.6) is 0 Å². The first kappa shape index (κ1) is 20.3. The minimum absolute atomic E-state index is 0.240. The fourth-order valence-electron chi connectivity index (χ4n) is 2.32. The zero-order chi connectivity index (χ0) is 20.1. The van der Waals surface area contributed by atoms with Crippen LogP contribution < -0.4 is 9.62 Å². The van der Waals surface area contributed by atoms with E-state index in [0.717, 1.165) is 20.7 Å². The van der Waals surface area contributed by atoms with Gasteiger partial charge in [-0.15, -0.1) is 10.2 Å². The summed E-state index contributed by atoms with van der Waals surface area (Å²) in [4.78, 5) is 12.7. The number of anilines is 2.